The summed E-state index contributed by atoms with van der Waals surface area (Å²) < 4.78 is 7.47. The lowest BCUT2D eigenvalue weighted by Crippen LogP contribution is -2.48. The molecule has 4 rings (SSSR count). The van der Waals surface area contributed by atoms with E-state index in [0.29, 0.717) is 24.3 Å². The van der Waals surface area contributed by atoms with E-state index in [0.717, 1.165) is 0 Å². The molecule has 0 aliphatic carbocycles. The average molecular weight is 345 g/mol. The van der Waals surface area contributed by atoms with Gasteiger partial charge in [-0.25, -0.2) is 14.8 Å². The van der Waals surface area contributed by atoms with Crippen LogP contribution in [-0.2, 0) is 4.74 Å². The third-order valence-electron chi connectivity index (χ3n) is 5.19. The van der Waals surface area contributed by atoms with Gasteiger partial charge in [0.05, 0.1) is 6.54 Å². The molecule has 2 aliphatic heterocycles. The zero-order valence-electron chi connectivity index (χ0n) is 13.9. The van der Waals surface area contributed by atoms with Crippen LogP contribution in [0.1, 0.15) is 25.1 Å². The number of hydrogen-bond acceptors (Lipinski definition) is 7. The van der Waals surface area contributed by atoms with Crippen LogP contribution in [0.25, 0.3) is 0 Å². The standard InChI is InChI=1S/C16H19N5O4/c1-3-16-7-21(10-4-5-17-8-18-10)11(12(16)22)14(25-16)20-6-9(2)13(23)19-15(20)24/h4-6,8,11-12,14,22H,3,7H2,1-2H3,(H,19,23,24)/t11-,12+,14-,16+/m1/s1. The molecule has 0 unspecified atom stereocenters. The molecule has 0 radical (unpaired) electrons. The van der Waals surface area contributed by atoms with Gasteiger partial charge in [0.25, 0.3) is 5.56 Å². The number of hydrogen-bond donors (Lipinski definition) is 2. The number of aliphatic hydroxyl groups is 1. The lowest BCUT2D eigenvalue weighted by molar-refractivity contribution is -0.107. The number of fused-ring (bicyclic) bond motifs is 2. The van der Waals surface area contributed by atoms with Crippen molar-refractivity contribution in [2.45, 2.75) is 44.2 Å². The molecular formula is C16H19N5O4. The van der Waals surface area contributed by atoms with Gasteiger partial charge in [0, 0.05) is 18.0 Å². The van der Waals surface area contributed by atoms with E-state index in [9.17, 15) is 14.7 Å². The average Bonchev–Trinajstić information content (AvgIpc) is 3.07. The van der Waals surface area contributed by atoms with Crippen LogP contribution in [0.3, 0.4) is 0 Å². The molecule has 132 valence electrons. The molecule has 2 aromatic heterocycles. The molecule has 4 atom stereocenters. The molecule has 0 saturated carbocycles. The largest absolute Gasteiger partial charge is 0.388 e. The van der Waals surface area contributed by atoms with Gasteiger partial charge >= 0.3 is 5.69 Å². The van der Waals surface area contributed by atoms with Gasteiger partial charge in [0.2, 0.25) is 0 Å². The Bertz CT molecular complexity index is 911. The Morgan fingerprint density at radius 2 is 2.28 bits per heavy atom. The predicted molar refractivity (Wildman–Crippen MR) is 88.4 cm³/mol. The van der Waals surface area contributed by atoms with Gasteiger partial charge in [0.15, 0.2) is 6.23 Å². The summed E-state index contributed by atoms with van der Waals surface area (Å²) in [5.41, 5.74) is -1.37. The van der Waals surface area contributed by atoms with Crippen LogP contribution < -0.4 is 16.1 Å². The molecule has 2 bridgehead atoms. The fourth-order valence-corrected chi connectivity index (χ4v) is 3.78. The highest BCUT2D eigenvalue weighted by atomic mass is 16.6. The fourth-order valence-electron chi connectivity index (χ4n) is 3.78. The van der Waals surface area contributed by atoms with Gasteiger partial charge in [0.1, 0.15) is 29.9 Å². The zero-order valence-corrected chi connectivity index (χ0v) is 13.9. The predicted octanol–water partition coefficient (Wildman–Crippen LogP) is -0.438. The third-order valence-corrected chi connectivity index (χ3v) is 5.19. The number of anilines is 1. The number of aromatic amines is 1. The van der Waals surface area contributed by atoms with Gasteiger partial charge in [-0.15, -0.1) is 0 Å². The molecule has 2 fully saturated rings. The van der Waals surface area contributed by atoms with Crippen molar-refractivity contribution in [2.75, 3.05) is 11.4 Å². The highest BCUT2D eigenvalue weighted by Crippen LogP contribution is 2.48. The number of nitrogens with one attached hydrogen (secondary N) is 1. The van der Waals surface area contributed by atoms with Crippen molar-refractivity contribution in [3.63, 3.8) is 0 Å². The first-order chi connectivity index (χ1) is 12.0. The maximum absolute atomic E-state index is 12.3. The maximum atomic E-state index is 12.3. The zero-order chi connectivity index (χ0) is 17.8. The van der Waals surface area contributed by atoms with Crippen molar-refractivity contribution in [3.8, 4) is 0 Å². The molecule has 0 aromatic carbocycles. The van der Waals surface area contributed by atoms with E-state index in [2.05, 4.69) is 15.0 Å². The van der Waals surface area contributed by atoms with Crippen LogP contribution in [0.4, 0.5) is 5.82 Å². The van der Waals surface area contributed by atoms with Crippen LogP contribution in [-0.4, -0.2) is 48.9 Å². The minimum absolute atomic E-state index is 0.402. The number of rotatable bonds is 3. The summed E-state index contributed by atoms with van der Waals surface area (Å²) in [6.45, 7) is 4.03. The number of nitrogens with zero attached hydrogens (tertiary/aromatic N) is 4. The van der Waals surface area contributed by atoms with Gasteiger partial charge in [-0.2, -0.15) is 0 Å². The molecule has 9 heteroatoms. The highest BCUT2D eigenvalue weighted by molar-refractivity contribution is 5.45. The van der Waals surface area contributed by atoms with E-state index in [1.54, 1.807) is 19.2 Å². The molecular weight excluding hydrogens is 326 g/mol. The molecule has 4 heterocycles. The first-order valence-corrected chi connectivity index (χ1v) is 8.17. The molecule has 2 N–H and O–H groups in total. The Balaban J connectivity index is 1.82. The van der Waals surface area contributed by atoms with Crippen molar-refractivity contribution in [2.24, 2.45) is 0 Å². The van der Waals surface area contributed by atoms with Crippen molar-refractivity contribution >= 4 is 5.82 Å². The van der Waals surface area contributed by atoms with E-state index in [4.69, 9.17) is 4.74 Å². The molecule has 25 heavy (non-hydrogen) atoms. The number of aryl methyl sites for hydroxylation is 1. The number of H-pyrrole nitrogens is 1. The molecule has 9 nitrogen and oxygen atoms in total. The van der Waals surface area contributed by atoms with Crippen molar-refractivity contribution in [3.05, 3.63) is 51.2 Å². The fraction of sp³-hybridized carbons (Fsp3) is 0.500. The highest BCUT2D eigenvalue weighted by Gasteiger charge is 2.63. The first kappa shape index (κ1) is 16.0. The number of ether oxygens (including phenoxy) is 1. The van der Waals surface area contributed by atoms with Crippen molar-refractivity contribution in [1.82, 2.24) is 19.5 Å². The molecule has 2 aromatic rings. The summed E-state index contributed by atoms with van der Waals surface area (Å²) in [5, 5.41) is 10.9. The number of aromatic nitrogens is 4. The van der Waals surface area contributed by atoms with Crippen molar-refractivity contribution in [1.29, 1.82) is 0 Å². The number of aliphatic hydroxyl groups excluding tert-OH is 1. The second kappa shape index (κ2) is 5.50. The van der Waals surface area contributed by atoms with E-state index < -0.39 is 35.2 Å². The SMILES string of the molecule is CC[C@@]12CN(c3ccncn3)[C@@H]([C@H](n3cc(C)c(=O)[nH]c3=O)O1)[C@@H]2O. The monoisotopic (exact) mass is 345 g/mol. The van der Waals surface area contributed by atoms with Gasteiger partial charge < -0.3 is 14.7 Å². The Morgan fingerprint density at radius 1 is 1.48 bits per heavy atom. The second-order valence-electron chi connectivity index (χ2n) is 6.54. The topological polar surface area (TPSA) is 113 Å². The third kappa shape index (κ3) is 2.23. The van der Waals surface area contributed by atoms with Crippen LogP contribution in [0, 0.1) is 6.92 Å². The molecule has 2 aliphatic rings. The maximum Gasteiger partial charge on any atom is 0.330 e. The summed E-state index contributed by atoms with van der Waals surface area (Å²) in [5.74, 6) is 0.664. The minimum Gasteiger partial charge on any atom is -0.388 e. The van der Waals surface area contributed by atoms with E-state index in [1.807, 2.05) is 11.8 Å². The summed E-state index contributed by atoms with van der Waals surface area (Å²) in [4.78, 5) is 36.4. The second-order valence-corrected chi connectivity index (χ2v) is 6.54. The Morgan fingerprint density at radius 3 is 2.92 bits per heavy atom. The van der Waals surface area contributed by atoms with Crippen LogP contribution in [0.5, 0.6) is 0 Å². The lowest BCUT2D eigenvalue weighted by Gasteiger charge is -2.37. The number of morpholine rings is 1. The summed E-state index contributed by atoms with van der Waals surface area (Å²) >= 11 is 0. The normalized spacial score (nSPS) is 30.8. The smallest absolute Gasteiger partial charge is 0.330 e. The summed E-state index contributed by atoms with van der Waals surface area (Å²) in [7, 11) is 0. The van der Waals surface area contributed by atoms with Crippen molar-refractivity contribution < 1.29 is 9.84 Å². The Labute approximate surface area is 142 Å². The molecule has 2 saturated heterocycles. The van der Waals surface area contributed by atoms with Crippen LogP contribution in [0.2, 0.25) is 0 Å². The van der Waals surface area contributed by atoms with E-state index >= 15 is 0 Å². The minimum atomic E-state index is -0.788. The van der Waals surface area contributed by atoms with Gasteiger partial charge in [-0.3, -0.25) is 14.3 Å². The molecule has 0 amide bonds. The van der Waals surface area contributed by atoms with E-state index in [-0.39, 0.29) is 0 Å². The van der Waals surface area contributed by atoms with Crippen LogP contribution in [0.15, 0.2) is 34.4 Å². The summed E-state index contributed by atoms with van der Waals surface area (Å²) in [6.07, 6.45) is 3.63. The Kier molecular flexibility index (Phi) is 3.51. The summed E-state index contributed by atoms with van der Waals surface area (Å²) in [6, 6.07) is 1.27. The lowest BCUT2D eigenvalue weighted by atomic mass is 9.96. The quantitative estimate of drug-likeness (QED) is 0.775. The van der Waals surface area contributed by atoms with Gasteiger partial charge in [-0.1, -0.05) is 6.92 Å². The van der Waals surface area contributed by atoms with E-state index in [1.165, 1.54) is 17.1 Å². The Hall–Kier alpha value is -2.52. The first-order valence-electron chi connectivity index (χ1n) is 8.17. The molecule has 0 spiro atoms. The van der Waals surface area contributed by atoms with Crippen LogP contribution >= 0.6 is 0 Å². The van der Waals surface area contributed by atoms with Gasteiger partial charge in [-0.05, 0) is 19.4 Å².